The second-order valence-corrected chi connectivity index (χ2v) is 5.19. The normalized spacial score (nSPS) is 19.9. The van der Waals surface area contributed by atoms with Crippen LogP contribution in [0.2, 0.25) is 0 Å². The van der Waals surface area contributed by atoms with Gasteiger partial charge in [-0.15, -0.1) is 0 Å². The van der Waals surface area contributed by atoms with Crippen LogP contribution in [0.4, 0.5) is 13.2 Å². The van der Waals surface area contributed by atoms with E-state index in [0.717, 1.165) is 13.1 Å². The largest absolute Gasteiger partial charge is 0.511 e. The van der Waals surface area contributed by atoms with Gasteiger partial charge in [0.25, 0.3) is 0 Å². The van der Waals surface area contributed by atoms with E-state index in [1.165, 1.54) is 4.72 Å². The highest BCUT2D eigenvalue weighted by Gasteiger charge is 2.45. The number of nitrogens with zero attached hydrogens (tertiary/aromatic N) is 1. The molecule has 0 aromatic rings. The molecule has 96 valence electrons. The molecule has 0 bridgehead atoms. The fourth-order valence-corrected chi connectivity index (χ4v) is 1.88. The van der Waals surface area contributed by atoms with E-state index in [1.807, 2.05) is 4.90 Å². The number of rotatable bonds is 4. The first-order valence-corrected chi connectivity index (χ1v) is 6.30. The summed E-state index contributed by atoms with van der Waals surface area (Å²) in [5, 5.41) is 3.09. The maximum absolute atomic E-state index is 11.9. The Morgan fingerprint density at radius 3 is 2.31 bits per heavy atom. The lowest BCUT2D eigenvalue weighted by Crippen LogP contribution is -2.47. The summed E-state index contributed by atoms with van der Waals surface area (Å²) in [7, 11) is -5.19. The van der Waals surface area contributed by atoms with Gasteiger partial charge in [-0.1, -0.05) is 0 Å². The number of hydrogen-bond acceptors (Lipinski definition) is 4. The average molecular weight is 261 g/mol. The van der Waals surface area contributed by atoms with Crippen molar-refractivity contribution in [1.82, 2.24) is 14.9 Å². The molecule has 1 aliphatic rings. The van der Waals surface area contributed by atoms with Gasteiger partial charge < -0.3 is 5.32 Å². The Morgan fingerprint density at radius 2 is 1.81 bits per heavy atom. The Bertz CT molecular complexity index is 311. The summed E-state index contributed by atoms with van der Waals surface area (Å²) in [6, 6.07) is 0. The molecular weight excluding hydrogens is 247 g/mol. The van der Waals surface area contributed by atoms with Gasteiger partial charge in [0.1, 0.15) is 0 Å². The summed E-state index contributed by atoms with van der Waals surface area (Å²) in [5.41, 5.74) is -5.23. The minimum absolute atomic E-state index is 0.220. The van der Waals surface area contributed by atoms with E-state index in [-0.39, 0.29) is 13.1 Å². The van der Waals surface area contributed by atoms with E-state index >= 15 is 0 Å². The molecule has 0 unspecified atom stereocenters. The van der Waals surface area contributed by atoms with Gasteiger partial charge in [0.2, 0.25) is 0 Å². The number of nitrogens with one attached hydrogen (secondary N) is 2. The molecule has 0 aromatic heterocycles. The SMILES string of the molecule is O=S(=O)(NCCN1CCNCC1)C(F)(F)F. The molecule has 2 N–H and O–H groups in total. The zero-order valence-corrected chi connectivity index (χ0v) is 9.36. The van der Waals surface area contributed by atoms with Crippen molar-refractivity contribution in [3.05, 3.63) is 0 Å². The molecule has 16 heavy (non-hydrogen) atoms. The van der Waals surface area contributed by atoms with Crippen LogP contribution in [0.5, 0.6) is 0 Å². The molecule has 1 aliphatic heterocycles. The van der Waals surface area contributed by atoms with E-state index < -0.39 is 15.5 Å². The van der Waals surface area contributed by atoms with Crippen LogP contribution in [0.15, 0.2) is 0 Å². The summed E-state index contributed by atoms with van der Waals surface area (Å²) in [6.07, 6.45) is 0. The van der Waals surface area contributed by atoms with Crippen molar-refractivity contribution in [2.45, 2.75) is 5.51 Å². The van der Waals surface area contributed by atoms with Crippen LogP contribution in [-0.4, -0.2) is 58.1 Å². The lowest BCUT2D eigenvalue weighted by Gasteiger charge is -2.27. The standard InChI is InChI=1S/C7H14F3N3O2S/c8-7(9,10)16(14,15)12-3-6-13-4-1-11-2-5-13/h11-12H,1-6H2. The number of hydrogen-bond donors (Lipinski definition) is 2. The van der Waals surface area contributed by atoms with Gasteiger partial charge in [-0.25, -0.2) is 13.1 Å². The third-order valence-electron chi connectivity index (χ3n) is 2.23. The minimum atomic E-state index is -5.23. The van der Waals surface area contributed by atoms with Crippen molar-refractivity contribution >= 4 is 10.0 Å². The Kier molecular flexibility index (Phi) is 4.53. The lowest BCUT2D eigenvalue weighted by atomic mass is 10.3. The maximum atomic E-state index is 11.9. The summed E-state index contributed by atoms with van der Waals surface area (Å²) in [4.78, 5) is 1.90. The Morgan fingerprint density at radius 1 is 1.25 bits per heavy atom. The number of piperazine rings is 1. The van der Waals surface area contributed by atoms with Crippen molar-refractivity contribution < 1.29 is 21.6 Å². The predicted octanol–water partition coefficient (Wildman–Crippen LogP) is -0.669. The smallest absolute Gasteiger partial charge is 0.314 e. The van der Waals surface area contributed by atoms with Gasteiger partial charge in [0, 0.05) is 39.3 Å². The molecule has 0 aliphatic carbocycles. The molecule has 0 atom stereocenters. The molecule has 5 nitrogen and oxygen atoms in total. The minimum Gasteiger partial charge on any atom is -0.314 e. The van der Waals surface area contributed by atoms with Gasteiger partial charge in [0.15, 0.2) is 0 Å². The van der Waals surface area contributed by atoms with Gasteiger partial charge in [0.05, 0.1) is 0 Å². The third-order valence-corrected chi connectivity index (χ3v) is 3.43. The fourth-order valence-electron chi connectivity index (χ4n) is 1.35. The monoisotopic (exact) mass is 261 g/mol. The Hall–Kier alpha value is -0.380. The summed E-state index contributed by atoms with van der Waals surface area (Å²) >= 11 is 0. The van der Waals surface area contributed by atoms with Crippen LogP contribution in [0.25, 0.3) is 0 Å². The molecular formula is C7H14F3N3O2S. The molecule has 0 saturated carbocycles. The molecule has 0 aromatic carbocycles. The maximum Gasteiger partial charge on any atom is 0.511 e. The second-order valence-electron chi connectivity index (χ2n) is 3.44. The van der Waals surface area contributed by atoms with E-state index in [0.29, 0.717) is 13.1 Å². The molecule has 1 fully saturated rings. The van der Waals surface area contributed by atoms with Gasteiger partial charge in [-0.3, -0.25) is 4.90 Å². The highest BCUT2D eigenvalue weighted by molar-refractivity contribution is 7.90. The summed E-state index contributed by atoms with van der Waals surface area (Å²) in [5.74, 6) is 0. The molecule has 1 saturated heterocycles. The average Bonchev–Trinajstić information content (AvgIpc) is 2.17. The van der Waals surface area contributed by atoms with Crippen LogP contribution in [0, 0.1) is 0 Å². The Balaban J connectivity index is 2.29. The highest BCUT2D eigenvalue weighted by Crippen LogP contribution is 2.21. The first-order valence-electron chi connectivity index (χ1n) is 4.82. The first kappa shape index (κ1) is 13.7. The van der Waals surface area contributed by atoms with Crippen molar-refractivity contribution in [1.29, 1.82) is 0 Å². The quantitative estimate of drug-likeness (QED) is 0.704. The molecule has 0 amide bonds. The zero-order valence-electron chi connectivity index (χ0n) is 8.55. The fraction of sp³-hybridized carbons (Fsp3) is 1.00. The third kappa shape index (κ3) is 3.89. The molecule has 1 heterocycles. The van der Waals surface area contributed by atoms with Gasteiger partial charge in [-0.2, -0.15) is 13.2 Å². The van der Waals surface area contributed by atoms with Crippen molar-refractivity contribution in [2.75, 3.05) is 39.3 Å². The van der Waals surface area contributed by atoms with E-state index in [1.54, 1.807) is 0 Å². The van der Waals surface area contributed by atoms with Crippen LogP contribution >= 0.6 is 0 Å². The van der Waals surface area contributed by atoms with E-state index in [9.17, 15) is 21.6 Å². The van der Waals surface area contributed by atoms with E-state index in [4.69, 9.17) is 0 Å². The van der Waals surface area contributed by atoms with Crippen LogP contribution in [0.3, 0.4) is 0 Å². The summed E-state index contributed by atoms with van der Waals surface area (Å²) < 4.78 is 58.6. The topological polar surface area (TPSA) is 61.4 Å². The Labute approximate surface area is 92.0 Å². The van der Waals surface area contributed by atoms with Crippen LogP contribution in [-0.2, 0) is 10.0 Å². The summed E-state index contributed by atoms with van der Waals surface area (Å²) in [6.45, 7) is 3.04. The van der Waals surface area contributed by atoms with Crippen molar-refractivity contribution in [2.24, 2.45) is 0 Å². The van der Waals surface area contributed by atoms with Crippen molar-refractivity contribution in [3.8, 4) is 0 Å². The second kappa shape index (κ2) is 5.30. The number of halogens is 3. The number of sulfonamides is 1. The van der Waals surface area contributed by atoms with Crippen LogP contribution < -0.4 is 10.0 Å². The molecule has 0 spiro atoms. The van der Waals surface area contributed by atoms with Crippen molar-refractivity contribution in [3.63, 3.8) is 0 Å². The highest BCUT2D eigenvalue weighted by atomic mass is 32.2. The van der Waals surface area contributed by atoms with Gasteiger partial charge in [-0.05, 0) is 0 Å². The van der Waals surface area contributed by atoms with E-state index in [2.05, 4.69) is 5.32 Å². The van der Waals surface area contributed by atoms with Gasteiger partial charge >= 0.3 is 15.5 Å². The molecule has 9 heteroatoms. The number of alkyl halides is 3. The lowest BCUT2D eigenvalue weighted by molar-refractivity contribution is -0.0448. The first-order chi connectivity index (χ1) is 7.33. The molecule has 1 rings (SSSR count). The zero-order chi connectivity index (χ0) is 12.2. The van der Waals surface area contributed by atoms with Crippen LogP contribution in [0.1, 0.15) is 0 Å². The predicted molar refractivity (Wildman–Crippen MR) is 52.3 cm³/mol. The molecule has 0 radical (unpaired) electrons.